The van der Waals surface area contributed by atoms with Gasteiger partial charge in [0.25, 0.3) is 0 Å². The quantitative estimate of drug-likeness (QED) is 0.812. The smallest absolute Gasteiger partial charge is 0.136 e. The summed E-state index contributed by atoms with van der Waals surface area (Å²) in [5.41, 5.74) is 0. The zero-order valence-electron chi connectivity index (χ0n) is 9.03. The first-order valence-corrected chi connectivity index (χ1v) is 6.65. The molecule has 14 heavy (non-hydrogen) atoms. The Bertz CT molecular complexity index is 266. The van der Waals surface area contributed by atoms with E-state index in [2.05, 4.69) is 10.8 Å². The fourth-order valence-corrected chi connectivity index (χ4v) is 2.54. The summed E-state index contributed by atoms with van der Waals surface area (Å²) in [4.78, 5) is 1.22. The topological polar surface area (TPSA) is 35.1 Å². The molecule has 0 bridgehead atoms. The van der Waals surface area contributed by atoms with Crippen LogP contribution >= 0.6 is 11.3 Å². The second-order valence-corrected chi connectivity index (χ2v) is 7.21. The molecule has 80 valence electrons. The predicted molar refractivity (Wildman–Crippen MR) is 63.8 cm³/mol. The lowest BCUT2D eigenvalue weighted by atomic mass is 10.3. The van der Waals surface area contributed by atoms with Crippen molar-refractivity contribution in [2.24, 2.45) is 0 Å². The Hall–Kier alpha value is -0.0300. The molecule has 0 saturated carbocycles. The highest BCUT2D eigenvalue weighted by Crippen LogP contribution is 2.22. The summed E-state index contributed by atoms with van der Waals surface area (Å²) in [6.45, 7) is 7.95. The van der Waals surface area contributed by atoms with Crippen molar-refractivity contribution in [2.75, 3.05) is 0 Å². The Morgan fingerprint density at radius 2 is 2.14 bits per heavy atom. The summed E-state index contributed by atoms with van der Waals surface area (Å²) in [5.74, 6) is 0. The van der Waals surface area contributed by atoms with Gasteiger partial charge in [-0.15, -0.1) is 16.1 Å². The minimum atomic E-state index is -0.995. The molecule has 0 radical (unpaired) electrons. The first kappa shape index (κ1) is 12.0. The fourth-order valence-electron chi connectivity index (χ4n) is 0.933. The lowest BCUT2D eigenvalue weighted by Gasteiger charge is -2.26. The van der Waals surface area contributed by atoms with Crippen LogP contribution in [0.25, 0.3) is 0 Å². The zero-order valence-corrected chi connectivity index (χ0v) is 10.7. The van der Waals surface area contributed by atoms with Crippen LogP contribution in [0.2, 0.25) is 0 Å². The van der Waals surface area contributed by atoms with Crippen molar-refractivity contribution in [2.45, 2.75) is 38.5 Å². The maximum atomic E-state index is 11.8. The minimum Gasteiger partial charge on any atom is -0.598 e. The molecule has 2 nitrogen and oxygen atoms in total. The average Bonchev–Trinajstić information content (AvgIpc) is 2.53. The maximum Gasteiger partial charge on any atom is 0.136 e. The van der Waals surface area contributed by atoms with E-state index in [4.69, 9.17) is 0 Å². The Morgan fingerprint density at radius 1 is 1.50 bits per heavy atom. The van der Waals surface area contributed by atoms with Crippen LogP contribution in [0.5, 0.6) is 0 Å². The van der Waals surface area contributed by atoms with Gasteiger partial charge < -0.3 is 4.55 Å². The van der Waals surface area contributed by atoms with E-state index in [1.807, 2.05) is 39.1 Å². The van der Waals surface area contributed by atoms with Crippen molar-refractivity contribution in [1.29, 1.82) is 0 Å². The lowest BCUT2D eigenvalue weighted by Crippen LogP contribution is -2.40. The molecule has 0 saturated heterocycles. The van der Waals surface area contributed by atoms with Crippen molar-refractivity contribution >= 4 is 22.7 Å². The highest BCUT2D eigenvalue weighted by molar-refractivity contribution is 7.90. The normalized spacial score (nSPS) is 16.6. The van der Waals surface area contributed by atoms with E-state index in [0.29, 0.717) is 0 Å². The van der Waals surface area contributed by atoms with Gasteiger partial charge in [-0.1, -0.05) is 6.07 Å². The molecule has 1 aromatic heterocycles. The Labute approximate surface area is 93.0 Å². The molecular formula is C10H17NOS2. The molecule has 1 unspecified atom stereocenters. The monoisotopic (exact) mass is 231 g/mol. The molecule has 4 heteroatoms. The van der Waals surface area contributed by atoms with Gasteiger partial charge in [0.2, 0.25) is 0 Å². The molecule has 0 aliphatic rings. The van der Waals surface area contributed by atoms with Crippen molar-refractivity contribution in [1.82, 2.24) is 4.72 Å². The summed E-state index contributed by atoms with van der Waals surface area (Å²) < 4.78 is 14.7. The van der Waals surface area contributed by atoms with Crippen molar-refractivity contribution in [3.05, 3.63) is 22.4 Å². The molecule has 0 fully saturated rings. The standard InChI is InChI=1S/C10H17NOS2/c1-8(9-6-5-7-13-9)11-14(12)10(2,3)4/h5-8,11H,1-4H3/t8-,14?/m0/s1. The first-order valence-electron chi connectivity index (χ1n) is 4.62. The largest absolute Gasteiger partial charge is 0.598 e. The molecule has 0 amide bonds. The van der Waals surface area contributed by atoms with Crippen LogP contribution in [0.1, 0.15) is 38.6 Å². The number of hydrogen-bond donors (Lipinski definition) is 1. The minimum absolute atomic E-state index is 0.162. The van der Waals surface area contributed by atoms with E-state index in [1.165, 1.54) is 4.88 Å². The molecule has 0 spiro atoms. The van der Waals surface area contributed by atoms with Gasteiger partial charge in [-0.3, -0.25) is 0 Å². The van der Waals surface area contributed by atoms with Crippen LogP contribution in [0.4, 0.5) is 0 Å². The molecule has 0 aliphatic carbocycles. The second kappa shape index (κ2) is 4.66. The van der Waals surface area contributed by atoms with Gasteiger partial charge in [0, 0.05) is 16.2 Å². The molecule has 0 aromatic carbocycles. The highest BCUT2D eigenvalue weighted by atomic mass is 32.2. The van der Waals surface area contributed by atoms with Crippen molar-refractivity contribution in [3.8, 4) is 0 Å². The van der Waals surface area contributed by atoms with Crippen molar-refractivity contribution < 1.29 is 4.55 Å². The average molecular weight is 231 g/mol. The van der Waals surface area contributed by atoms with E-state index < -0.39 is 11.4 Å². The first-order chi connectivity index (χ1) is 6.41. The van der Waals surface area contributed by atoms with Gasteiger partial charge in [-0.05, 0) is 39.1 Å². The van der Waals surface area contributed by atoms with E-state index in [0.717, 1.165) is 0 Å². The third-order valence-electron chi connectivity index (χ3n) is 1.81. The van der Waals surface area contributed by atoms with E-state index >= 15 is 0 Å². The van der Waals surface area contributed by atoms with Crippen molar-refractivity contribution in [3.63, 3.8) is 0 Å². The van der Waals surface area contributed by atoms with Gasteiger partial charge in [-0.2, -0.15) is 0 Å². The number of thiophene rings is 1. The van der Waals surface area contributed by atoms with Crippen LogP contribution in [-0.4, -0.2) is 9.30 Å². The van der Waals surface area contributed by atoms with Gasteiger partial charge >= 0.3 is 0 Å². The van der Waals surface area contributed by atoms with Crippen LogP contribution in [0, 0.1) is 0 Å². The van der Waals surface area contributed by atoms with Crippen LogP contribution < -0.4 is 4.72 Å². The van der Waals surface area contributed by atoms with Crippen LogP contribution in [-0.2, 0) is 11.4 Å². The molecule has 1 rings (SSSR count). The van der Waals surface area contributed by atoms with E-state index in [9.17, 15) is 4.55 Å². The zero-order chi connectivity index (χ0) is 10.8. The highest BCUT2D eigenvalue weighted by Gasteiger charge is 2.28. The Morgan fingerprint density at radius 3 is 2.57 bits per heavy atom. The second-order valence-electron chi connectivity index (χ2n) is 4.24. The fraction of sp³-hybridized carbons (Fsp3) is 0.600. The summed E-state index contributed by atoms with van der Waals surface area (Å²) in [6, 6.07) is 4.23. The number of rotatable bonds is 3. The van der Waals surface area contributed by atoms with Gasteiger partial charge in [0.1, 0.15) is 4.75 Å². The third-order valence-corrected chi connectivity index (χ3v) is 4.54. The Balaban J connectivity index is 2.53. The summed E-state index contributed by atoms with van der Waals surface area (Å²) in [5, 5.41) is 2.04. The van der Waals surface area contributed by atoms with Gasteiger partial charge in [0.15, 0.2) is 0 Å². The lowest BCUT2D eigenvalue weighted by molar-refractivity contribution is 0.532. The predicted octanol–water partition coefficient (Wildman–Crippen LogP) is 2.86. The molecule has 1 N–H and O–H groups in total. The van der Waals surface area contributed by atoms with Crippen LogP contribution in [0.15, 0.2) is 17.5 Å². The molecular weight excluding hydrogens is 214 g/mol. The van der Waals surface area contributed by atoms with E-state index in [-0.39, 0.29) is 10.8 Å². The Kier molecular flexibility index (Phi) is 4.01. The summed E-state index contributed by atoms with van der Waals surface area (Å²) >= 11 is 0.691. The SMILES string of the molecule is C[C@H](N[S+]([O-])C(C)(C)C)c1cccs1. The molecule has 2 atom stereocenters. The van der Waals surface area contributed by atoms with Gasteiger partial charge in [0.05, 0.1) is 6.04 Å². The summed E-state index contributed by atoms with van der Waals surface area (Å²) in [6.07, 6.45) is 0. The van der Waals surface area contributed by atoms with Gasteiger partial charge in [-0.25, -0.2) is 0 Å². The molecule has 0 aliphatic heterocycles. The number of hydrogen-bond acceptors (Lipinski definition) is 3. The summed E-state index contributed by atoms with van der Waals surface area (Å²) in [7, 11) is 0. The maximum absolute atomic E-state index is 11.8. The van der Waals surface area contributed by atoms with E-state index in [1.54, 1.807) is 11.3 Å². The molecule has 1 aromatic rings. The third kappa shape index (κ3) is 3.28. The molecule has 1 heterocycles. The van der Waals surface area contributed by atoms with Crippen LogP contribution in [0.3, 0.4) is 0 Å². The number of nitrogens with one attached hydrogen (secondary N) is 1.